The van der Waals surface area contributed by atoms with Crippen LogP contribution in [0, 0.1) is 20.2 Å². The molecule has 37 heavy (non-hydrogen) atoms. The fourth-order valence-electron chi connectivity index (χ4n) is 5.15. The number of nitro benzene ring substituents is 2. The molecule has 1 atom stereocenters. The van der Waals surface area contributed by atoms with Gasteiger partial charge in [0.25, 0.3) is 11.4 Å². The van der Waals surface area contributed by atoms with Gasteiger partial charge in [-0.05, 0) is 35.6 Å². The molecule has 1 aliphatic rings. The van der Waals surface area contributed by atoms with E-state index in [0.717, 1.165) is 29.5 Å². The van der Waals surface area contributed by atoms with Gasteiger partial charge in [-0.15, -0.1) is 0 Å². The molecular weight excluding hydrogens is 472 g/mol. The number of non-ortho nitro benzene ring substituents is 2. The molecule has 0 unspecified atom stereocenters. The molecule has 1 amide bonds. The Kier molecular flexibility index (Phi) is 6.68. The number of carbonyl (C=O) groups excluding carboxylic acids is 1. The lowest BCUT2D eigenvalue weighted by molar-refractivity contribution is -0.385. The van der Waals surface area contributed by atoms with Crippen molar-refractivity contribution in [3.63, 3.8) is 0 Å². The van der Waals surface area contributed by atoms with Gasteiger partial charge < -0.3 is 9.47 Å². The maximum atomic E-state index is 13.3. The smallest absolute Gasteiger partial charge is 0.270 e. The molecule has 9 nitrogen and oxygen atoms in total. The Bertz CT molecular complexity index is 1470. The molecule has 2 heterocycles. The zero-order valence-corrected chi connectivity index (χ0v) is 20.2. The summed E-state index contributed by atoms with van der Waals surface area (Å²) in [5.41, 5.74) is 3.12. The summed E-state index contributed by atoms with van der Waals surface area (Å²) in [6.07, 6.45) is 3.96. The lowest BCUT2D eigenvalue weighted by Gasteiger charge is -2.21. The van der Waals surface area contributed by atoms with E-state index in [1.54, 1.807) is 18.2 Å². The first-order chi connectivity index (χ1) is 17.9. The molecule has 1 aliphatic heterocycles. The summed E-state index contributed by atoms with van der Waals surface area (Å²) < 4.78 is 2.02. The van der Waals surface area contributed by atoms with Gasteiger partial charge in [0.05, 0.1) is 9.85 Å². The average molecular weight is 499 g/mol. The Morgan fingerprint density at radius 1 is 0.865 bits per heavy atom. The number of fused-ring (bicyclic) bond motifs is 1. The number of nitro groups is 2. The van der Waals surface area contributed by atoms with Crippen LogP contribution in [0.5, 0.6) is 0 Å². The second-order valence-electron chi connectivity index (χ2n) is 9.35. The standard InChI is InChI=1S/C28H26N4O5/c33-28(29-13-4-5-14-29)17-24(21-9-6-10-22(15-21)31(34)35)26-19-30(18-20-7-2-1-3-8-20)27-12-11-23(32(36)37)16-25(26)27/h1-3,6-12,15-16,19,24H,4-5,13-14,17-18H2/t24-/m0/s1. The molecule has 5 rings (SSSR count). The third-order valence-corrected chi connectivity index (χ3v) is 7.00. The summed E-state index contributed by atoms with van der Waals surface area (Å²) in [7, 11) is 0. The van der Waals surface area contributed by atoms with E-state index in [-0.39, 0.29) is 23.7 Å². The highest BCUT2D eigenvalue weighted by Crippen LogP contribution is 2.38. The minimum absolute atomic E-state index is 0.0246. The van der Waals surface area contributed by atoms with Gasteiger partial charge in [0.1, 0.15) is 0 Å². The highest BCUT2D eigenvalue weighted by atomic mass is 16.6. The third kappa shape index (κ3) is 5.06. The SMILES string of the molecule is O=C(C[C@@H](c1cccc([N+](=O)[O-])c1)c1cn(Cc2ccccc2)c2ccc([N+](=O)[O-])cc12)N1CCCC1. The van der Waals surface area contributed by atoms with Gasteiger partial charge in [-0.3, -0.25) is 25.0 Å². The van der Waals surface area contributed by atoms with Crippen molar-refractivity contribution in [2.45, 2.75) is 31.7 Å². The van der Waals surface area contributed by atoms with E-state index in [1.165, 1.54) is 24.3 Å². The van der Waals surface area contributed by atoms with Crippen LogP contribution < -0.4 is 0 Å². The average Bonchev–Trinajstić information content (AvgIpc) is 3.57. The van der Waals surface area contributed by atoms with Crippen molar-refractivity contribution in [2.24, 2.45) is 0 Å². The number of hydrogen-bond donors (Lipinski definition) is 0. The third-order valence-electron chi connectivity index (χ3n) is 7.00. The molecule has 1 fully saturated rings. The topological polar surface area (TPSA) is 112 Å². The molecule has 0 spiro atoms. The van der Waals surface area contributed by atoms with Crippen LogP contribution in [0.3, 0.4) is 0 Å². The minimum Gasteiger partial charge on any atom is -0.343 e. The fraction of sp³-hybridized carbons (Fsp3) is 0.250. The van der Waals surface area contributed by atoms with E-state index < -0.39 is 15.8 Å². The van der Waals surface area contributed by atoms with Crippen molar-refractivity contribution in [3.05, 3.63) is 116 Å². The summed E-state index contributed by atoms with van der Waals surface area (Å²) in [6.45, 7) is 1.93. The van der Waals surface area contributed by atoms with Crippen molar-refractivity contribution in [3.8, 4) is 0 Å². The van der Waals surface area contributed by atoms with Gasteiger partial charge in [-0.1, -0.05) is 42.5 Å². The largest absolute Gasteiger partial charge is 0.343 e. The first kappa shape index (κ1) is 24.2. The van der Waals surface area contributed by atoms with Crippen LogP contribution in [0.25, 0.3) is 10.9 Å². The van der Waals surface area contributed by atoms with Gasteiger partial charge in [-0.25, -0.2) is 0 Å². The van der Waals surface area contributed by atoms with Gasteiger partial charge in [-0.2, -0.15) is 0 Å². The predicted octanol–water partition coefficient (Wildman–Crippen LogP) is 5.65. The fourth-order valence-corrected chi connectivity index (χ4v) is 5.15. The monoisotopic (exact) mass is 498 g/mol. The van der Waals surface area contributed by atoms with Crippen LogP contribution >= 0.6 is 0 Å². The number of benzene rings is 3. The normalized spacial score (nSPS) is 14.1. The van der Waals surface area contributed by atoms with E-state index in [0.29, 0.717) is 30.6 Å². The Labute approximate surface area is 213 Å². The van der Waals surface area contributed by atoms with E-state index in [1.807, 2.05) is 46.0 Å². The molecule has 0 bridgehead atoms. The number of amides is 1. The lowest BCUT2D eigenvalue weighted by Crippen LogP contribution is -2.29. The van der Waals surface area contributed by atoms with Crippen molar-refractivity contribution in [2.75, 3.05) is 13.1 Å². The number of likely N-dealkylation sites (tertiary alicyclic amines) is 1. The van der Waals surface area contributed by atoms with Gasteiger partial charge in [0.15, 0.2) is 0 Å². The van der Waals surface area contributed by atoms with Crippen LogP contribution in [0.2, 0.25) is 0 Å². The second-order valence-corrected chi connectivity index (χ2v) is 9.35. The van der Waals surface area contributed by atoms with E-state index in [9.17, 15) is 25.0 Å². The summed E-state index contributed by atoms with van der Waals surface area (Å²) >= 11 is 0. The van der Waals surface area contributed by atoms with E-state index >= 15 is 0 Å². The predicted molar refractivity (Wildman–Crippen MR) is 140 cm³/mol. The Hall–Kier alpha value is -4.53. The summed E-state index contributed by atoms with van der Waals surface area (Å²) in [6, 6.07) is 20.9. The first-order valence-electron chi connectivity index (χ1n) is 12.2. The van der Waals surface area contributed by atoms with Crippen LogP contribution in [-0.4, -0.2) is 38.3 Å². The highest BCUT2D eigenvalue weighted by molar-refractivity contribution is 5.88. The molecule has 1 aromatic heterocycles. The summed E-state index contributed by atoms with van der Waals surface area (Å²) in [5, 5.41) is 23.8. The Balaban J connectivity index is 1.66. The molecule has 9 heteroatoms. The van der Waals surface area contributed by atoms with Gasteiger partial charge >= 0.3 is 0 Å². The first-order valence-corrected chi connectivity index (χ1v) is 12.2. The molecule has 0 aliphatic carbocycles. The maximum absolute atomic E-state index is 13.3. The molecule has 3 aromatic carbocycles. The van der Waals surface area contributed by atoms with Gasteiger partial charge in [0.2, 0.25) is 5.91 Å². The van der Waals surface area contributed by atoms with Crippen molar-refractivity contribution in [1.29, 1.82) is 0 Å². The molecule has 4 aromatic rings. The number of aromatic nitrogens is 1. The zero-order valence-electron chi connectivity index (χ0n) is 20.2. The van der Waals surface area contributed by atoms with Crippen LogP contribution in [0.4, 0.5) is 11.4 Å². The van der Waals surface area contributed by atoms with Crippen LogP contribution in [0.15, 0.2) is 79.0 Å². The number of nitrogens with zero attached hydrogens (tertiary/aromatic N) is 4. The summed E-state index contributed by atoms with van der Waals surface area (Å²) in [5.74, 6) is -0.530. The maximum Gasteiger partial charge on any atom is 0.270 e. The van der Waals surface area contributed by atoms with Gasteiger partial charge in [0, 0.05) is 73.3 Å². The molecule has 0 radical (unpaired) electrons. The Morgan fingerprint density at radius 3 is 2.27 bits per heavy atom. The summed E-state index contributed by atoms with van der Waals surface area (Å²) in [4.78, 5) is 37.4. The van der Waals surface area contributed by atoms with E-state index in [2.05, 4.69) is 0 Å². The lowest BCUT2D eigenvalue weighted by atomic mass is 9.87. The second kappa shape index (κ2) is 10.2. The van der Waals surface area contributed by atoms with Crippen molar-refractivity contribution in [1.82, 2.24) is 9.47 Å². The molecule has 0 N–H and O–H groups in total. The Morgan fingerprint density at radius 2 is 1.57 bits per heavy atom. The number of rotatable bonds is 8. The quantitative estimate of drug-likeness (QED) is 0.230. The van der Waals surface area contributed by atoms with E-state index in [4.69, 9.17) is 0 Å². The number of hydrogen-bond acceptors (Lipinski definition) is 5. The molecule has 1 saturated heterocycles. The van der Waals surface area contributed by atoms with Crippen molar-refractivity contribution >= 4 is 28.2 Å². The zero-order chi connectivity index (χ0) is 25.9. The van der Waals surface area contributed by atoms with Crippen LogP contribution in [-0.2, 0) is 11.3 Å². The molecule has 0 saturated carbocycles. The minimum atomic E-state index is -0.505. The van der Waals surface area contributed by atoms with Crippen molar-refractivity contribution < 1.29 is 14.6 Å². The highest BCUT2D eigenvalue weighted by Gasteiger charge is 2.28. The molecular formula is C28H26N4O5. The number of carbonyl (C=O) groups is 1. The molecule has 188 valence electrons. The van der Waals surface area contributed by atoms with Crippen LogP contribution in [0.1, 0.15) is 41.9 Å².